The number of nitrogens with zero attached hydrogens (tertiary/aromatic N) is 2. The fraction of sp³-hybridized carbons (Fsp3) is 0.216. The van der Waals surface area contributed by atoms with Gasteiger partial charge in [0.2, 0.25) is 0 Å². The molecule has 0 spiro atoms. The summed E-state index contributed by atoms with van der Waals surface area (Å²) in [4.78, 5) is 32.7. The molecular formula is C37H33BrN2O7S. The normalized spacial score (nSPS) is 14.4. The van der Waals surface area contributed by atoms with Crippen LogP contribution in [0.4, 0.5) is 0 Å². The summed E-state index contributed by atoms with van der Waals surface area (Å²) in [5, 5.41) is 2.26. The zero-order valence-electron chi connectivity index (χ0n) is 27.0. The van der Waals surface area contributed by atoms with Gasteiger partial charge in [-0.05, 0) is 88.1 Å². The molecule has 0 fully saturated rings. The molecule has 0 amide bonds. The smallest absolute Gasteiger partial charge is 0.338 e. The first kappa shape index (κ1) is 33.0. The lowest BCUT2D eigenvalue weighted by atomic mass is 9.94. The van der Waals surface area contributed by atoms with Crippen LogP contribution in [0.2, 0.25) is 0 Å². The number of allylic oxidation sites excluding steroid dienone is 1. The van der Waals surface area contributed by atoms with E-state index in [-0.39, 0.29) is 17.7 Å². The maximum absolute atomic E-state index is 14.2. The van der Waals surface area contributed by atoms with Crippen LogP contribution in [-0.4, -0.2) is 38.5 Å². The van der Waals surface area contributed by atoms with E-state index in [0.717, 1.165) is 16.3 Å². The van der Waals surface area contributed by atoms with Gasteiger partial charge in [-0.2, -0.15) is 0 Å². The summed E-state index contributed by atoms with van der Waals surface area (Å²) in [5.41, 5.74) is 2.70. The highest BCUT2D eigenvalue weighted by Gasteiger charge is 2.35. The molecule has 6 rings (SSSR count). The van der Waals surface area contributed by atoms with Crippen molar-refractivity contribution in [3.05, 3.63) is 125 Å². The lowest BCUT2D eigenvalue weighted by Gasteiger charge is -2.26. The number of benzene rings is 4. The summed E-state index contributed by atoms with van der Waals surface area (Å²) >= 11 is 4.88. The monoisotopic (exact) mass is 728 g/mol. The number of methoxy groups -OCH3 is 3. The maximum atomic E-state index is 14.2. The molecule has 4 aromatic carbocycles. The van der Waals surface area contributed by atoms with Gasteiger partial charge in [-0.25, -0.2) is 9.79 Å². The minimum Gasteiger partial charge on any atom is -0.497 e. The van der Waals surface area contributed by atoms with E-state index in [9.17, 15) is 9.59 Å². The van der Waals surface area contributed by atoms with Gasteiger partial charge in [0.25, 0.3) is 5.56 Å². The molecule has 1 aliphatic heterocycles. The van der Waals surface area contributed by atoms with Crippen LogP contribution >= 0.6 is 27.3 Å². The van der Waals surface area contributed by atoms with Crippen molar-refractivity contribution in [2.45, 2.75) is 26.5 Å². The first-order valence-electron chi connectivity index (χ1n) is 15.2. The van der Waals surface area contributed by atoms with E-state index in [4.69, 9.17) is 23.7 Å². The molecule has 1 aliphatic rings. The van der Waals surface area contributed by atoms with Crippen LogP contribution in [0.25, 0.3) is 16.8 Å². The van der Waals surface area contributed by atoms with E-state index in [1.54, 1.807) is 52.3 Å². The molecule has 11 heteroatoms. The largest absolute Gasteiger partial charge is 0.497 e. The van der Waals surface area contributed by atoms with Crippen LogP contribution in [-0.2, 0) is 16.1 Å². The second-order valence-corrected chi connectivity index (χ2v) is 12.7. The van der Waals surface area contributed by atoms with Crippen LogP contribution in [0.1, 0.15) is 36.6 Å². The number of carbonyl (C=O) groups is 1. The third kappa shape index (κ3) is 6.23. The summed E-state index contributed by atoms with van der Waals surface area (Å²) in [5.74, 6) is 1.52. The Hall–Kier alpha value is -4.87. The molecule has 9 nitrogen and oxygen atoms in total. The molecule has 0 saturated heterocycles. The number of hydrogen-bond donors (Lipinski definition) is 0. The SMILES string of the molecule is CCOC(=O)C1=C(C)N=c2s/c(=C/c3cc(Br)c(OCc4cccc5ccccc45)c(OC)c3)c(=O)n2[C@H]1c1cc(OC)ccc1OC. The van der Waals surface area contributed by atoms with Crippen molar-refractivity contribution < 1.29 is 28.5 Å². The number of hydrogen-bond acceptors (Lipinski definition) is 9. The lowest BCUT2D eigenvalue weighted by Crippen LogP contribution is -2.40. The molecule has 5 aromatic rings. The molecule has 0 bridgehead atoms. The van der Waals surface area contributed by atoms with Crippen LogP contribution in [0, 0.1) is 0 Å². The predicted molar refractivity (Wildman–Crippen MR) is 189 cm³/mol. The molecule has 0 aliphatic carbocycles. The van der Waals surface area contributed by atoms with Crippen molar-refractivity contribution >= 4 is 50.1 Å². The van der Waals surface area contributed by atoms with Gasteiger partial charge in [0.15, 0.2) is 16.3 Å². The van der Waals surface area contributed by atoms with Gasteiger partial charge in [-0.3, -0.25) is 9.36 Å². The highest BCUT2D eigenvalue weighted by molar-refractivity contribution is 9.10. The van der Waals surface area contributed by atoms with Gasteiger partial charge in [-0.1, -0.05) is 53.8 Å². The maximum Gasteiger partial charge on any atom is 0.338 e. The van der Waals surface area contributed by atoms with Crippen molar-refractivity contribution in [2.75, 3.05) is 27.9 Å². The fourth-order valence-electron chi connectivity index (χ4n) is 5.82. The van der Waals surface area contributed by atoms with Crippen LogP contribution < -0.4 is 33.8 Å². The molecule has 2 heterocycles. The second-order valence-electron chi connectivity index (χ2n) is 10.9. The standard InChI is InChI=1S/C37H33BrN2O7S/c1-6-46-36(42)32-21(2)39-37-40(33(32)27-19-25(43-3)14-15-29(27)44-4)35(41)31(48-37)18-22-16-28(38)34(30(17-22)45-5)47-20-24-12-9-11-23-10-7-8-13-26(23)24/h7-19,33H,6,20H2,1-5H3/b31-18+/t33-/m0/s1. The highest BCUT2D eigenvalue weighted by atomic mass is 79.9. The zero-order chi connectivity index (χ0) is 33.9. The Kier molecular flexibility index (Phi) is 9.70. The highest BCUT2D eigenvalue weighted by Crippen LogP contribution is 2.39. The first-order chi connectivity index (χ1) is 23.3. The number of halogens is 1. The Bertz CT molecular complexity index is 2250. The molecule has 1 aromatic heterocycles. The number of aromatic nitrogens is 1. The lowest BCUT2D eigenvalue weighted by molar-refractivity contribution is -0.139. The summed E-state index contributed by atoms with van der Waals surface area (Å²) in [6, 6.07) is 22.4. The predicted octanol–water partition coefficient (Wildman–Crippen LogP) is 6.32. The van der Waals surface area contributed by atoms with E-state index in [2.05, 4.69) is 39.1 Å². The number of fused-ring (bicyclic) bond motifs is 2. The van der Waals surface area contributed by atoms with Gasteiger partial charge in [0.05, 0.1) is 48.2 Å². The number of ether oxygens (including phenoxy) is 5. The first-order valence-corrected chi connectivity index (χ1v) is 16.8. The van der Waals surface area contributed by atoms with E-state index >= 15 is 0 Å². The van der Waals surface area contributed by atoms with Crippen molar-refractivity contribution in [1.29, 1.82) is 0 Å². The van der Waals surface area contributed by atoms with Gasteiger partial charge < -0.3 is 23.7 Å². The van der Waals surface area contributed by atoms with Crippen molar-refractivity contribution in [1.82, 2.24) is 4.57 Å². The quantitative estimate of drug-likeness (QED) is 0.155. The van der Waals surface area contributed by atoms with E-state index in [1.165, 1.54) is 23.0 Å². The molecule has 0 unspecified atom stereocenters. The van der Waals surface area contributed by atoms with Crippen molar-refractivity contribution in [2.24, 2.45) is 4.99 Å². The van der Waals surface area contributed by atoms with Crippen molar-refractivity contribution in [3.63, 3.8) is 0 Å². The minimum atomic E-state index is -0.862. The Morgan fingerprint density at radius 2 is 1.75 bits per heavy atom. The Balaban J connectivity index is 1.43. The van der Waals surface area contributed by atoms with E-state index in [1.807, 2.05) is 36.4 Å². The van der Waals surface area contributed by atoms with E-state index < -0.39 is 12.0 Å². The van der Waals surface area contributed by atoms with Gasteiger partial charge in [0.1, 0.15) is 24.1 Å². The fourth-order valence-corrected chi connectivity index (χ4v) is 7.44. The molecule has 0 saturated carbocycles. The van der Waals surface area contributed by atoms with Gasteiger partial charge >= 0.3 is 5.97 Å². The number of rotatable bonds is 10. The molecule has 0 N–H and O–H groups in total. The van der Waals surface area contributed by atoms with Gasteiger partial charge in [-0.15, -0.1) is 0 Å². The van der Waals surface area contributed by atoms with Gasteiger partial charge in [0, 0.05) is 5.56 Å². The van der Waals surface area contributed by atoms with Crippen LogP contribution in [0.15, 0.2) is 98.3 Å². The minimum absolute atomic E-state index is 0.167. The molecule has 48 heavy (non-hydrogen) atoms. The summed E-state index contributed by atoms with van der Waals surface area (Å²) < 4.78 is 31.2. The molecule has 0 radical (unpaired) electrons. The second kappa shape index (κ2) is 14.1. The number of thiazole rings is 1. The van der Waals surface area contributed by atoms with Crippen LogP contribution in [0.3, 0.4) is 0 Å². The molecule has 1 atom stereocenters. The Morgan fingerprint density at radius 3 is 2.50 bits per heavy atom. The molecule has 246 valence electrons. The average Bonchev–Trinajstić information content (AvgIpc) is 3.40. The number of esters is 1. The Morgan fingerprint density at radius 1 is 0.979 bits per heavy atom. The zero-order valence-corrected chi connectivity index (χ0v) is 29.4. The Labute approximate surface area is 289 Å². The summed E-state index contributed by atoms with van der Waals surface area (Å²) in [6.45, 7) is 3.98. The molecular weight excluding hydrogens is 696 g/mol. The van der Waals surface area contributed by atoms with Crippen molar-refractivity contribution in [3.8, 4) is 23.0 Å². The van der Waals surface area contributed by atoms with Crippen LogP contribution in [0.5, 0.6) is 23.0 Å². The third-order valence-corrected chi connectivity index (χ3v) is 9.62. The summed E-state index contributed by atoms with van der Waals surface area (Å²) in [7, 11) is 4.67. The topological polar surface area (TPSA) is 97.6 Å². The summed E-state index contributed by atoms with van der Waals surface area (Å²) in [6.07, 6.45) is 1.77. The number of carbonyl (C=O) groups excluding carboxylic acids is 1. The van der Waals surface area contributed by atoms with E-state index in [0.29, 0.717) is 60.2 Å². The third-order valence-electron chi connectivity index (χ3n) is 8.05. The average molecular weight is 730 g/mol.